The summed E-state index contributed by atoms with van der Waals surface area (Å²) < 4.78 is 5.15. The van der Waals surface area contributed by atoms with Crippen LogP contribution in [-0.2, 0) is 9.53 Å². The van der Waals surface area contributed by atoms with Gasteiger partial charge in [0.1, 0.15) is 6.04 Å². The second-order valence-electron chi connectivity index (χ2n) is 7.04. The molecular formula is C24H19ClN2O6. The molecule has 1 N–H and O–H groups in total. The van der Waals surface area contributed by atoms with Crippen molar-refractivity contribution in [2.45, 2.75) is 12.5 Å². The smallest absolute Gasteiger partial charge is 0.329 e. The van der Waals surface area contributed by atoms with Gasteiger partial charge in [-0.1, -0.05) is 54.1 Å². The maximum Gasteiger partial charge on any atom is 0.329 e. The molecule has 0 aliphatic rings. The van der Waals surface area contributed by atoms with Crippen LogP contribution in [0.2, 0.25) is 5.02 Å². The van der Waals surface area contributed by atoms with Crippen molar-refractivity contribution in [3.8, 4) is 0 Å². The maximum absolute atomic E-state index is 12.8. The van der Waals surface area contributed by atoms with Crippen molar-refractivity contribution in [1.29, 1.82) is 0 Å². The molecule has 0 spiro atoms. The molecule has 0 aliphatic carbocycles. The van der Waals surface area contributed by atoms with Gasteiger partial charge in [-0.25, -0.2) is 4.79 Å². The van der Waals surface area contributed by atoms with Crippen LogP contribution in [0.15, 0.2) is 78.9 Å². The van der Waals surface area contributed by atoms with Crippen LogP contribution < -0.4 is 5.32 Å². The van der Waals surface area contributed by atoms with Crippen LogP contribution in [-0.4, -0.2) is 35.1 Å². The Balaban J connectivity index is 1.71. The lowest BCUT2D eigenvalue weighted by Gasteiger charge is -2.18. The van der Waals surface area contributed by atoms with Crippen molar-refractivity contribution >= 4 is 40.5 Å². The molecular weight excluding hydrogens is 448 g/mol. The summed E-state index contributed by atoms with van der Waals surface area (Å²) >= 11 is 5.90. The molecule has 0 aromatic heterocycles. The van der Waals surface area contributed by atoms with Crippen LogP contribution in [0.5, 0.6) is 0 Å². The predicted octanol–water partition coefficient (Wildman–Crippen LogP) is 4.73. The number of carbonyl (C=O) groups is 3. The molecule has 3 aromatic rings. The van der Waals surface area contributed by atoms with Crippen molar-refractivity contribution in [3.63, 3.8) is 0 Å². The average Bonchev–Trinajstić information content (AvgIpc) is 2.83. The number of hydrogen-bond acceptors (Lipinski definition) is 7. The standard InChI is InChI=1S/C24H19ClN2O6/c25-18-9-11-19(12-10-18)26-21(14-22(28)16-5-2-1-3-6-16)24(30)33-15-23(29)17-7-4-8-20(13-17)27(31)32/h1-13,21,26H,14-15H2/t21-/m0/s1. The number of nitrogens with zero attached hydrogens (tertiary/aromatic N) is 1. The molecule has 0 fully saturated rings. The van der Waals surface area contributed by atoms with E-state index in [-0.39, 0.29) is 23.5 Å². The SMILES string of the molecule is O=C(COC(=O)[C@H](CC(=O)c1ccccc1)Nc1ccc(Cl)cc1)c1cccc([N+](=O)[O-])c1. The van der Waals surface area contributed by atoms with E-state index in [0.29, 0.717) is 16.3 Å². The summed E-state index contributed by atoms with van der Waals surface area (Å²) in [6, 6.07) is 19.1. The number of nitro benzene ring substituents is 1. The number of benzene rings is 3. The van der Waals surface area contributed by atoms with Gasteiger partial charge in [0.2, 0.25) is 5.78 Å². The number of anilines is 1. The largest absolute Gasteiger partial charge is 0.456 e. The molecule has 3 rings (SSSR count). The highest BCUT2D eigenvalue weighted by Gasteiger charge is 2.25. The molecule has 0 bridgehead atoms. The number of esters is 1. The number of ketones is 2. The lowest BCUT2D eigenvalue weighted by atomic mass is 10.0. The van der Waals surface area contributed by atoms with Crippen LogP contribution >= 0.6 is 11.6 Å². The molecule has 0 aliphatic heterocycles. The van der Waals surface area contributed by atoms with Gasteiger partial charge in [-0.3, -0.25) is 19.7 Å². The van der Waals surface area contributed by atoms with E-state index in [0.717, 1.165) is 6.07 Å². The number of carbonyl (C=O) groups excluding carboxylic acids is 3. The van der Waals surface area contributed by atoms with Gasteiger partial charge in [0.15, 0.2) is 12.4 Å². The van der Waals surface area contributed by atoms with Crippen molar-refractivity contribution in [1.82, 2.24) is 0 Å². The Kier molecular flexibility index (Phi) is 7.88. The third kappa shape index (κ3) is 6.72. The molecule has 0 heterocycles. The second-order valence-corrected chi connectivity index (χ2v) is 7.47. The molecule has 0 saturated heterocycles. The summed E-state index contributed by atoms with van der Waals surface area (Å²) in [7, 11) is 0. The van der Waals surface area contributed by atoms with Gasteiger partial charge < -0.3 is 10.1 Å². The first-order valence-electron chi connectivity index (χ1n) is 9.88. The van der Waals surface area contributed by atoms with Crippen molar-refractivity contribution < 1.29 is 24.0 Å². The average molecular weight is 467 g/mol. The molecule has 168 valence electrons. The number of nitro groups is 1. The fourth-order valence-corrected chi connectivity index (χ4v) is 3.11. The van der Waals surface area contributed by atoms with Crippen molar-refractivity contribution in [2.24, 2.45) is 0 Å². The molecule has 1 atom stereocenters. The van der Waals surface area contributed by atoms with Gasteiger partial charge in [0.25, 0.3) is 5.69 Å². The monoisotopic (exact) mass is 466 g/mol. The summed E-state index contributed by atoms with van der Waals surface area (Å²) in [6.07, 6.45) is -0.212. The quantitative estimate of drug-likeness (QED) is 0.199. The third-order valence-corrected chi connectivity index (χ3v) is 4.93. The number of halogens is 1. The number of ether oxygens (including phenoxy) is 1. The molecule has 0 radical (unpaired) electrons. The van der Waals surface area contributed by atoms with E-state index in [2.05, 4.69) is 5.32 Å². The highest BCUT2D eigenvalue weighted by atomic mass is 35.5. The highest BCUT2D eigenvalue weighted by molar-refractivity contribution is 6.30. The zero-order valence-electron chi connectivity index (χ0n) is 17.3. The highest BCUT2D eigenvalue weighted by Crippen LogP contribution is 2.18. The Morgan fingerprint density at radius 3 is 2.24 bits per heavy atom. The van der Waals surface area contributed by atoms with Gasteiger partial charge in [-0.15, -0.1) is 0 Å². The van der Waals surface area contributed by atoms with Crippen molar-refractivity contribution in [3.05, 3.63) is 105 Å². The van der Waals surface area contributed by atoms with Gasteiger partial charge in [-0.2, -0.15) is 0 Å². The second kappa shape index (κ2) is 11.0. The summed E-state index contributed by atoms with van der Waals surface area (Å²) in [5.74, 6) is -1.70. The van der Waals surface area contributed by atoms with E-state index in [1.165, 1.54) is 18.2 Å². The van der Waals surface area contributed by atoms with Crippen LogP contribution in [0.1, 0.15) is 27.1 Å². The molecule has 0 unspecified atom stereocenters. The minimum Gasteiger partial charge on any atom is -0.456 e. The fraction of sp³-hybridized carbons (Fsp3) is 0.125. The first kappa shape index (κ1) is 23.6. The van der Waals surface area contributed by atoms with Crippen LogP contribution in [0.4, 0.5) is 11.4 Å². The normalized spacial score (nSPS) is 11.3. The third-order valence-electron chi connectivity index (χ3n) is 4.68. The maximum atomic E-state index is 12.8. The Labute approximate surface area is 194 Å². The Morgan fingerprint density at radius 2 is 1.58 bits per heavy atom. The molecule has 0 amide bonds. The van der Waals surface area contributed by atoms with Crippen LogP contribution in [0, 0.1) is 10.1 Å². The number of nitrogens with one attached hydrogen (secondary N) is 1. The summed E-state index contributed by atoms with van der Waals surface area (Å²) in [6.45, 7) is -0.627. The van der Waals surface area contributed by atoms with Gasteiger partial charge in [0, 0.05) is 40.4 Å². The predicted molar refractivity (Wildman–Crippen MR) is 123 cm³/mol. The van der Waals surface area contributed by atoms with E-state index in [9.17, 15) is 24.5 Å². The lowest BCUT2D eigenvalue weighted by molar-refractivity contribution is -0.384. The fourth-order valence-electron chi connectivity index (χ4n) is 2.98. The summed E-state index contributed by atoms with van der Waals surface area (Å²) in [5, 5.41) is 14.3. The van der Waals surface area contributed by atoms with Gasteiger partial charge >= 0.3 is 5.97 Å². The first-order chi connectivity index (χ1) is 15.8. The zero-order valence-corrected chi connectivity index (χ0v) is 18.0. The molecule has 9 heteroatoms. The zero-order chi connectivity index (χ0) is 23.8. The number of non-ortho nitro benzene ring substituents is 1. The molecule has 8 nitrogen and oxygen atoms in total. The molecule has 0 saturated carbocycles. The Morgan fingerprint density at radius 1 is 0.909 bits per heavy atom. The van der Waals surface area contributed by atoms with E-state index >= 15 is 0 Å². The minimum absolute atomic E-state index is 0.0413. The van der Waals surface area contributed by atoms with Crippen LogP contribution in [0.25, 0.3) is 0 Å². The van der Waals surface area contributed by atoms with Crippen LogP contribution in [0.3, 0.4) is 0 Å². The number of hydrogen-bond donors (Lipinski definition) is 1. The molecule has 3 aromatic carbocycles. The van der Waals surface area contributed by atoms with E-state index in [1.54, 1.807) is 54.6 Å². The van der Waals surface area contributed by atoms with E-state index in [1.807, 2.05) is 0 Å². The topological polar surface area (TPSA) is 116 Å². The number of rotatable bonds is 10. The summed E-state index contributed by atoms with van der Waals surface area (Å²) in [4.78, 5) is 48.1. The van der Waals surface area contributed by atoms with E-state index in [4.69, 9.17) is 16.3 Å². The van der Waals surface area contributed by atoms with Gasteiger partial charge in [0.05, 0.1) is 4.92 Å². The summed E-state index contributed by atoms with van der Waals surface area (Å²) in [5.41, 5.74) is 0.760. The molecule has 33 heavy (non-hydrogen) atoms. The minimum atomic E-state index is -1.07. The van der Waals surface area contributed by atoms with E-state index < -0.39 is 29.3 Å². The Hall–Kier alpha value is -4.04. The van der Waals surface area contributed by atoms with Gasteiger partial charge in [-0.05, 0) is 24.3 Å². The lowest BCUT2D eigenvalue weighted by Crippen LogP contribution is -2.34. The Bertz CT molecular complexity index is 1170. The number of Topliss-reactive ketones (excluding diaryl/α,β-unsaturated/α-hetero) is 2. The van der Waals surface area contributed by atoms with Crippen molar-refractivity contribution in [2.75, 3.05) is 11.9 Å². The first-order valence-corrected chi connectivity index (χ1v) is 10.3.